The van der Waals surface area contributed by atoms with Gasteiger partial charge >= 0.3 is 0 Å². The molecule has 110 valence electrons. The van der Waals surface area contributed by atoms with Gasteiger partial charge in [0.05, 0.1) is 0 Å². The number of hydrogen-bond acceptors (Lipinski definition) is 1. The first-order chi connectivity index (χ1) is 9.56. The highest BCUT2D eigenvalue weighted by Crippen LogP contribution is 2.50. The molecule has 1 N–H and O–H groups in total. The molecule has 1 fully saturated rings. The summed E-state index contributed by atoms with van der Waals surface area (Å²) in [5, 5.41) is 3.59. The highest BCUT2D eigenvalue weighted by Gasteiger charge is 2.45. The van der Waals surface area contributed by atoms with E-state index in [1.54, 1.807) is 11.1 Å². The third kappa shape index (κ3) is 2.11. The molecule has 2 aliphatic carbocycles. The molecule has 1 aromatic rings. The average molecular weight is 271 g/mol. The summed E-state index contributed by atoms with van der Waals surface area (Å²) in [5.41, 5.74) is 5.19. The van der Waals surface area contributed by atoms with Crippen LogP contribution in [0.3, 0.4) is 0 Å². The Morgan fingerprint density at radius 2 is 2.05 bits per heavy atom. The van der Waals surface area contributed by atoms with Gasteiger partial charge in [-0.05, 0) is 66.7 Å². The van der Waals surface area contributed by atoms with E-state index < -0.39 is 0 Å². The number of rotatable bonds is 2. The van der Waals surface area contributed by atoms with Crippen LogP contribution < -0.4 is 5.32 Å². The maximum atomic E-state index is 3.59. The average Bonchev–Trinajstić information content (AvgIpc) is 2.45. The van der Waals surface area contributed by atoms with E-state index >= 15 is 0 Å². The van der Waals surface area contributed by atoms with Crippen LogP contribution >= 0.6 is 0 Å². The van der Waals surface area contributed by atoms with Crippen LogP contribution in [-0.4, -0.2) is 13.1 Å². The minimum absolute atomic E-state index is 0.398. The molecule has 0 amide bonds. The predicted molar refractivity (Wildman–Crippen MR) is 86.4 cm³/mol. The molecule has 1 nitrogen and oxygen atoms in total. The molecular weight excluding hydrogens is 242 g/mol. The van der Waals surface area contributed by atoms with Gasteiger partial charge in [-0.2, -0.15) is 0 Å². The van der Waals surface area contributed by atoms with Gasteiger partial charge in [0.2, 0.25) is 0 Å². The van der Waals surface area contributed by atoms with E-state index in [1.165, 1.54) is 37.7 Å². The summed E-state index contributed by atoms with van der Waals surface area (Å²) in [6.07, 6.45) is 6.72. The molecule has 2 unspecified atom stereocenters. The largest absolute Gasteiger partial charge is 0.317 e. The molecule has 3 atom stereocenters. The van der Waals surface area contributed by atoms with E-state index in [9.17, 15) is 0 Å². The Labute approximate surface area is 124 Å². The summed E-state index contributed by atoms with van der Waals surface area (Å²) in [6, 6.07) is 8.03. The monoisotopic (exact) mass is 271 g/mol. The highest BCUT2D eigenvalue weighted by molar-refractivity contribution is 5.41. The van der Waals surface area contributed by atoms with E-state index in [0.29, 0.717) is 17.4 Å². The van der Waals surface area contributed by atoms with Crippen molar-refractivity contribution in [1.29, 1.82) is 0 Å². The third-order valence-electron chi connectivity index (χ3n) is 6.02. The van der Waals surface area contributed by atoms with Crippen molar-refractivity contribution < 1.29 is 0 Å². The van der Waals surface area contributed by atoms with Crippen LogP contribution in [0.1, 0.15) is 69.1 Å². The number of aryl methyl sites for hydroxylation is 1. The molecular formula is C19H29N. The van der Waals surface area contributed by atoms with Gasteiger partial charge in [-0.25, -0.2) is 0 Å². The summed E-state index contributed by atoms with van der Waals surface area (Å²) in [4.78, 5) is 0. The first-order valence-corrected chi connectivity index (χ1v) is 8.37. The van der Waals surface area contributed by atoms with Crippen molar-refractivity contribution in [3.05, 3.63) is 34.9 Å². The Bertz CT molecular complexity index is 491. The molecule has 1 saturated carbocycles. The molecule has 0 radical (unpaired) electrons. The number of hydrogen-bond donors (Lipinski definition) is 1. The second-order valence-corrected chi connectivity index (χ2v) is 7.42. The smallest absolute Gasteiger partial charge is 0.0101 e. The summed E-state index contributed by atoms with van der Waals surface area (Å²) >= 11 is 0. The number of fused-ring (bicyclic) bond motifs is 3. The molecule has 0 saturated heterocycles. The Balaban J connectivity index is 2.01. The molecule has 0 aliphatic heterocycles. The molecule has 20 heavy (non-hydrogen) atoms. The van der Waals surface area contributed by atoms with Crippen LogP contribution in [0, 0.1) is 5.92 Å². The Morgan fingerprint density at radius 3 is 2.75 bits per heavy atom. The Hall–Kier alpha value is -0.820. The standard InChI is InChI=1S/C19H29N/c1-13(2)14-7-9-16-15(12-14)8-10-17-18(20-4)6-5-11-19(16,17)3/h7,9,12-13,17-18,20H,5-6,8,10-11H2,1-4H3/t17?,18?,19-/m1/s1. The SMILES string of the molecule is CNC1CCC[C@]2(C)c3ccc(C(C)C)cc3CCC12. The lowest BCUT2D eigenvalue weighted by atomic mass is 9.56. The zero-order valence-corrected chi connectivity index (χ0v) is 13.5. The van der Waals surface area contributed by atoms with Crippen molar-refractivity contribution in [2.24, 2.45) is 5.92 Å². The molecule has 0 spiro atoms. The van der Waals surface area contributed by atoms with Crippen LogP contribution in [0.2, 0.25) is 0 Å². The van der Waals surface area contributed by atoms with Gasteiger partial charge in [-0.15, -0.1) is 0 Å². The minimum atomic E-state index is 0.398. The van der Waals surface area contributed by atoms with Crippen molar-refractivity contribution in [2.45, 2.75) is 70.3 Å². The van der Waals surface area contributed by atoms with Gasteiger partial charge in [-0.3, -0.25) is 0 Å². The molecule has 0 aromatic heterocycles. The minimum Gasteiger partial charge on any atom is -0.317 e. The first-order valence-electron chi connectivity index (χ1n) is 8.37. The van der Waals surface area contributed by atoms with E-state index in [-0.39, 0.29) is 0 Å². The molecule has 3 rings (SSSR count). The van der Waals surface area contributed by atoms with E-state index in [2.05, 4.69) is 51.3 Å². The van der Waals surface area contributed by atoms with Crippen molar-refractivity contribution in [2.75, 3.05) is 7.05 Å². The highest BCUT2D eigenvalue weighted by atomic mass is 14.9. The first kappa shape index (κ1) is 14.1. The Morgan fingerprint density at radius 1 is 1.25 bits per heavy atom. The van der Waals surface area contributed by atoms with Crippen molar-refractivity contribution in [1.82, 2.24) is 5.32 Å². The molecule has 2 aliphatic rings. The zero-order valence-electron chi connectivity index (χ0n) is 13.5. The van der Waals surface area contributed by atoms with Gasteiger partial charge in [0.25, 0.3) is 0 Å². The lowest BCUT2D eigenvalue weighted by Crippen LogP contribution is -2.50. The third-order valence-corrected chi connectivity index (χ3v) is 6.02. The second kappa shape index (κ2) is 5.18. The lowest BCUT2D eigenvalue weighted by Gasteiger charge is -2.50. The maximum Gasteiger partial charge on any atom is 0.0101 e. The summed E-state index contributed by atoms with van der Waals surface area (Å²) < 4.78 is 0. The zero-order chi connectivity index (χ0) is 14.3. The van der Waals surface area contributed by atoms with Crippen LogP contribution in [0.4, 0.5) is 0 Å². The van der Waals surface area contributed by atoms with E-state index in [1.807, 2.05) is 0 Å². The molecule has 1 aromatic carbocycles. The quantitative estimate of drug-likeness (QED) is 0.840. The van der Waals surface area contributed by atoms with E-state index in [0.717, 1.165) is 5.92 Å². The predicted octanol–water partition coefficient (Wildman–Crippen LogP) is 4.40. The fraction of sp³-hybridized carbons (Fsp3) is 0.684. The van der Waals surface area contributed by atoms with Gasteiger partial charge in [0.1, 0.15) is 0 Å². The second-order valence-electron chi connectivity index (χ2n) is 7.42. The van der Waals surface area contributed by atoms with Gasteiger partial charge in [0, 0.05) is 6.04 Å². The Kier molecular flexibility index (Phi) is 3.66. The van der Waals surface area contributed by atoms with Gasteiger partial charge in [0.15, 0.2) is 0 Å². The van der Waals surface area contributed by atoms with Crippen LogP contribution in [-0.2, 0) is 11.8 Å². The van der Waals surface area contributed by atoms with Crippen molar-refractivity contribution in [3.8, 4) is 0 Å². The number of nitrogens with one attached hydrogen (secondary N) is 1. The molecule has 0 heterocycles. The van der Waals surface area contributed by atoms with Gasteiger partial charge in [-0.1, -0.05) is 45.4 Å². The van der Waals surface area contributed by atoms with Crippen LogP contribution in [0.5, 0.6) is 0 Å². The molecule has 1 heteroatoms. The normalized spacial score (nSPS) is 32.9. The lowest BCUT2D eigenvalue weighted by molar-refractivity contribution is 0.134. The van der Waals surface area contributed by atoms with Crippen molar-refractivity contribution >= 4 is 0 Å². The van der Waals surface area contributed by atoms with E-state index in [4.69, 9.17) is 0 Å². The summed E-state index contributed by atoms with van der Waals surface area (Å²) in [5.74, 6) is 1.46. The van der Waals surface area contributed by atoms with Crippen LogP contribution in [0.25, 0.3) is 0 Å². The maximum absolute atomic E-state index is 3.59. The number of benzene rings is 1. The van der Waals surface area contributed by atoms with Gasteiger partial charge < -0.3 is 5.32 Å². The molecule has 0 bridgehead atoms. The fourth-order valence-corrected chi connectivity index (χ4v) is 4.77. The van der Waals surface area contributed by atoms with Crippen molar-refractivity contribution in [3.63, 3.8) is 0 Å². The topological polar surface area (TPSA) is 12.0 Å². The fourth-order valence-electron chi connectivity index (χ4n) is 4.77. The summed E-state index contributed by atoms with van der Waals surface area (Å²) in [7, 11) is 2.15. The summed E-state index contributed by atoms with van der Waals surface area (Å²) in [6.45, 7) is 7.12. The van der Waals surface area contributed by atoms with Crippen LogP contribution in [0.15, 0.2) is 18.2 Å².